The van der Waals surface area contributed by atoms with E-state index in [0.29, 0.717) is 19.6 Å². The predicted octanol–water partition coefficient (Wildman–Crippen LogP) is 1.04. The van der Waals surface area contributed by atoms with Crippen molar-refractivity contribution in [3.05, 3.63) is 10.6 Å². The van der Waals surface area contributed by atoms with E-state index >= 15 is 0 Å². The molecule has 1 aromatic heterocycles. The van der Waals surface area contributed by atoms with Crippen LogP contribution in [0.2, 0.25) is 0 Å². The Bertz CT molecular complexity index is 543. The van der Waals surface area contributed by atoms with Gasteiger partial charge in [0, 0.05) is 17.8 Å². The average Bonchev–Trinajstić information content (AvgIpc) is 3.05. The minimum Gasteiger partial charge on any atom is -0.465 e. The van der Waals surface area contributed by atoms with Gasteiger partial charge < -0.3 is 15.4 Å². The Balaban J connectivity index is 1.70. The molecule has 108 valence electrons. The van der Waals surface area contributed by atoms with Crippen molar-refractivity contribution in [1.82, 2.24) is 10.3 Å². The lowest BCUT2D eigenvalue weighted by Gasteiger charge is -2.10. The van der Waals surface area contributed by atoms with E-state index in [4.69, 9.17) is 4.74 Å². The lowest BCUT2D eigenvalue weighted by atomic mass is 10.1. The molecule has 1 amide bonds. The Labute approximate surface area is 120 Å². The molecule has 7 heteroatoms. The van der Waals surface area contributed by atoms with Gasteiger partial charge in [-0.25, -0.2) is 4.98 Å². The second-order valence-electron chi connectivity index (χ2n) is 5.02. The third-order valence-electron chi connectivity index (χ3n) is 3.59. The summed E-state index contributed by atoms with van der Waals surface area (Å²) in [6.45, 7) is 2.84. The highest BCUT2D eigenvalue weighted by Crippen LogP contribution is 2.39. The highest BCUT2D eigenvalue weighted by Gasteiger charge is 2.34. The van der Waals surface area contributed by atoms with Crippen LogP contribution in [0, 0.1) is 0 Å². The van der Waals surface area contributed by atoms with Crippen LogP contribution in [0.4, 0.5) is 5.13 Å². The first kappa shape index (κ1) is 13.4. The molecule has 2 heterocycles. The topological polar surface area (TPSA) is 80.3 Å². The molecule has 1 aliphatic carbocycles. The molecule has 2 unspecified atom stereocenters. The van der Waals surface area contributed by atoms with Crippen molar-refractivity contribution in [3.63, 3.8) is 0 Å². The molecule has 2 aliphatic rings. The van der Waals surface area contributed by atoms with Crippen LogP contribution in [0.5, 0.6) is 0 Å². The normalized spacial score (nSPS) is 24.4. The van der Waals surface area contributed by atoms with Crippen molar-refractivity contribution >= 4 is 28.3 Å². The van der Waals surface area contributed by atoms with Crippen LogP contribution in [0.15, 0.2) is 0 Å². The first-order valence-corrected chi connectivity index (χ1v) is 7.68. The van der Waals surface area contributed by atoms with Crippen molar-refractivity contribution in [2.75, 3.05) is 18.5 Å². The number of carbonyl (C=O) groups excluding carboxylic acids is 2. The SMILES string of the molecule is CCOC(=O)C1CCc2sc(NC3CNC(=O)C3)nc21. The Morgan fingerprint density at radius 3 is 3.15 bits per heavy atom. The monoisotopic (exact) mass is 295 g/mol. The lowest BCUT2D eigenvalue weighted by molar-refractivity contribution is -0.145. The molecule has 6 nitrogen and oxygen atoms in total. The van der Waals surface area contributed by atoms with E-state index in [1.165, 1.54) is 0 Å². The Morgan fingerprint density at radius 2 is 2.45 bits per heavy atom. The zero-order valence-corrected chi connectivity index (χ0v) is 12.1. The molecule has 0 radical (unpaired) electrons. The zero-order valence-electron chi connectivity index (χ0n) is 11.3. The summed E-state index contributed by atoms with van der Waals surface area (Å²) in [5.41, 5.74) is 0.855. The smallest absolute Gasteiger partial charge is 0.315 e. The fourth-order valence-corrected chi connectivity index (χ4v) is 3.76. The van der Waals surface area contributed by atoms with Gasteiger partial charge in [-0.15, -0.1) is 11.3 Å². The molecule has 0 bridgehead atoms. The van der Waals surface area contributed by atoms with Gasteiger partial charge in [0.1, 0.15) is 5.92 Å². The largest absolute Gasteiger partial charge is 0.465 e. The van der Waals surface area contributed by atoms with Gasteiger partial charge in [0.05, 0.1) is 18.3 Å². The van der Waals surface area contributed by atoms with E-state index < -0.39 is 0 Å². The predicted molar refractivity (Wildman–Crippen MR) is 74.8 cm³/mol. The Morgan fingerprint density at radius 1 is 1.60 bits per heavy atom. The maximum atomic E-state index is 11.9. The van der Waals surface area contributed by atoms with E-state index in [1.807, 2.05) is 6.92 Å². The van der Waals surface area contributed by atoms with Gasteiger partial charge >= 0.3 is 5.97 Å². The van der Waals surface area contributed by atoms with Crippen LogP contribution in [0.1, 0.15) is 36.3 Å². The number of anilines is 1. The van der Waals surface area contributed by atoms with E-state index in [0.717, 1.165) is 28.5 Å². The quantitative estimate of drug-likeness (QED) is 0.811. The second kappa shape index (κ2) is 5.40. The van der Waals surface area contributed by atoms with Gasteiger partial charge in [0.2, 0.25) is 5.91 Å². The van der Waals surface area contributed by atoms with Gasteiger partial charge in [0.25, 0.3) is 0 Å². The standard InChI is InChI=1S/C13H17N3O3S/c1-2-19-12(18)8-3-4-9-11(8)16-13(20-9)15-7-5-10(17)14-6-7/h7-8H,2-6H2,1H3,(H,14,17)(H,15,16). The lowest BCUT2D eigenvalue weighted by Crippen LogP contribution is -2.22. The number of nitrogens with zero attached hydrogens (tertiary/aromatic N) is 1. The minimum absolute atomic E-state index is 0.0657. The number of aromatic nitrogens is 1. The summed E-state index contributed by atoms with van der Waals surface area (Å²) in [6, 6.07) is 0.0924. The fraction of sp³-hybridized carbons (Fsp3) is 0.615. The second-order valence-corrected chi connectivity index (χ2v) is 6.10. The molecular weight excluding hydrogens is 278 g/mol. The van der Waals surface area contributed by atoms with Crippen molar-refractivity contribution in [2.45, 2.75) is 38.1 Å². The molecule has 2 atom stereocenters. The van der Waals surface area contributed by atoms with Crippen LogP contribution in [-0.2, 0) is 20.7 Å². The van der Waals surface area contributed by atoms with Crippen molar-refractivity contribution < 1.29 is 14.3 Å². The molecule has 1 saturated heterocycles. The summed E-state index contributed by atoms with van der Waals surface area (Å²) in [6.07, 6.45) is 2.14. The molecule has 0 saturated carbocycles. The third-order valence-corrected chi connectivity index (χ3v) is 4.66. The van der Waals surface area contributed by atoms with Crippen LogP contribution in [-0.4, -0.2) is 36.1 Å². The first-order valence-electron chi connectivity index (χ1n) is 6.87. The number of rotatable bonds is 4. The van der Waals surface area contributed by atoms with Gasteiger partial charge in [-0.3, -0.25) is 9.59 Å². The molecule has 0 aromatic carbocycles. The number of fused-ring (bicyclic) bond motifs is 1. The summed E-state index contributed by atoms with van der Waals surface area (Å²) in [7, 11) is 0. The van der Waals surface area contributed by atoms with E-state index in [-0.39, 0.29) is 23.8 Å². The first-order chi connectivity index (χ1) is 9.67. The van der Waals surface area contributed by atoms with Gasteiger partial charge in [-0.05, 0) is 19.8 Å². The van der Waals surface area contributed by atoms with Crippen LogP contribution < -0.4 is 10.6 Å². The Kier molecular flexibility index (Phi) is 3.60. The van der Waals surface area contributed by atoms with E-state index in [9.17, 15) is 9.59 Å². The summed E-state index contributed by atoms with van der Waals surface area (Å²) in [5, 5.41) is 6.85. The zero-order chi connectivity index (χ0) is 14.1. The molecule has 1 aromatic rings. The third kappa shape index (κ3) is 2.49. The minimum atomic E-state index is -0.222. The maximum Gasteiger partial charge on any atom is 0.315 e. The van der Waals surface area contributed by atoms with Crippen LogP contribution >= 0.6 is 11.3 Å². The number of thiazole rings is 1. The van der Waals surface area contributed by atoms with Crippen molar-refractivity contribution in [2.24, 2.45) is 0 Å². The number of amides is 1. The average molecular weight is 295 g/mol. The number of nitrogens with one attached hydrogen (secondary N) is 2. The highest BCUT2D eigenvalue weighted by atomic mass is 32.1. The van der Waals surface area contributed by atoms with Gasteiger partial charge in [0.15, 0.2) is 5.13 Å². The van der Waals surface area contributed by atoms with Gasteiger partial charge in [-0.1, -0.05) is 0 Å². The highest BCUT2D eigenvalue weighted by molar-refractivity contribution is 7.15. The number of carbonyl (C=O) groups is 2. The fourth-order valence-electron chi connectivity index (χ4n) is 2.64. The molecule has 1 aliphatic heterocycles. The molecular formula is C13H17N3O3S. The molecule has 2 N–H and O–H groups in total. The number of aryl methyl sites for hydroxylation is 1. The summed E-state index contributed by atoms with van der Waals surface area (Å²) in [5.74, 6) is -0.336. The molecule has 1 fully saturated rings. The van der Waals surface area contributed by atoms with Crippen LogP contribution in [0.25, 0.3) is 0 Å². The number of ether oxygens (including phenoxy) is 1. The molecule has 0 spiro atoms. The molecule has 3 rings (SSSR count). The number of esters is 1. The van der Waals surface area contributed by atoms with Crippen molar-refractivity contribution in [1.29, 1.82) is 0 Å². The maximum absolute atomic E-state index is 11.9. The summed E-state index contributed by atoms with van der Waals surface area (Å²) >= 11 is 1.58. The molecule has 20 heavy (non-hydrogen) atoms. The van der Waals surface area contributed by atoms with Gasteiger partial charge in [-0.2, -0.15) is 0 Å². The number of hydrogen-bond acceptors (Lipinski definition) is 6. The van der Waals surface area contributed by atoms with Crippen molar-refractivity contribution in [3.8, 4) is 0 Å². The number of hydrogen-bond donors (Lipinski definition) is 2. The summed E-state index contributed by atoms with van der Waals surface area (Å²) in [4.78, 5) is 28.7. The van der Waals surface area contributed by atoms with E-state index in [1.54, 1.807) is 11.3 Å². The van der Waals surface area contributed by atoms with Crippen LogP contribution in [0.3, 0.4) is 0 Å². The summed E-state index contributed by atoms with van der Waals surface area (Å²) < 4.78 is 5.09. The van der Waals surface area contributed by atoms with E-state index in [2.05, 4.69) is 15.6 Å². The Hall–Kier alpha value is -1.63.